The maximum absolute atomic E-state index is 12.6. The van der Waals surface area contributed by atoms with Crippen LogP contribution in [-0.4, -0.2) is 60.2 Å². The Labute approximate surface area is 152 Å². The average molecular weight is 354 g/mol. The Balaban J connectivity index is 1.33. The van der Waals surface area contributed by atoms with Gasteiger partial charge in [-0.3, -0.25) is 9.88 Å². The van der Waals surface area contributed by atoms with Crippen molar-refractivity contribution >= 4 is 11.7 Å². The summed E-state index contributed by atoms with van der Waals surface area (Å²) in [5, 5.41) is 2.96. The van der Waals surface area contributed by atoms with Gasteiger partial charge in [0.05, 0.1) is 5.69 Å². The molecule has 0 saturated carbocycles. The first-order valence-electron chi connectivity index (χ1n) is 8.85. The van der Waals surface area contributed by atoms with Gasteiger partial charge in [-0.25, -0.2) is 4.79 Å². The number of benzene rings is 1. The van der Waals surface area contributed by atoms with Gasteiger partial charge in [0.25, 0.3) is 0 Å². The van der Waals surface area contributed by atoms with E-state index < -0.39 is 0 Å². The van der Waals surface area contributed by atoms with Crippen molar-refractivity contribution in [3.8, 4) is 11.5 Å². The Morgan fingerprint density at radius 1 is 1.04 bits per heavy atom. The van der Waals surface area contributed by atoms with E-state index in [1.807, 2.05) is 47.6 Å². The summed E-state index contributed by atoms with van der Waals surface area (Å²) in [7, 11) is 0. The zero-order valence-electron chi connectivity index (χ0n) is 14.6. The average Bonchev–Trinajstić information content (AvgIpc) is 2.70. The van der Waals surface area contributed by atoms with Crippen molar-refractivity contribution in [2.75, 3.05) is 44.7 Å². The van der Waals surface area contributed by atoms with Crippen LogP contribution in [0.1, 0.15) is 5.56 Å². The van der Waals surface area contributed by atoms with Gasteiger partial charge in [0.2, 0.25) is 0 Å². The predicted octanol–water partition coefficient (Wildman–Crippen LogP) is 2.20. The highest BCUT2D eigenvalue weighted by atomic mass is 16.6. The fraction of sp³-hybridized carbons (Fsp3) is 0.368. The molecule has 1 aromatic heterocycles. The number of anilines is 1. The summed E-state index contributed by atoms with van der Waals surface area (Å²) in [6.45, 7) is 5.00. The lowest BCUT2D eigenvalue weighted by molar-refractivity contribution is 0.142. The first kappa shape index (κ1) is 16.7. The van der Waals surface area contributed by atoms with E-state index in [9.17, 15) is 4.79 Å². The van der Waals surface area contributed by atoms with Gasteiger partial charge in [0.1, 0.15) is 13.2 Å². The summed E-state index contributed by atoms with van der Waals surface area (Å²) in [4.78, 5) is 20.8. The predicted molar refractivity (Wildman–Crippen MR) is 97.5 cm³/mol. The van der Waals surface area contributed by atoms with E-state index in [4.69, 9.17) is 9.47 Å². The fourth-order valence-corrected chi connectivity index (χ4v) is 3.22. The molecule has 7 heteroatoms. The monoisotopic (exact) mass is 354 g/mol. The number of amides is 2. The van der Waals surface area contributed by atoms with Gasteiger partial charge in [0.15, 0.2) is 11.5 Å². The summed E-state index contributed by atoms with van der Waals surface area (Å²) in [5.41, 5.74) is 1.90. The van der Waals surface area contributed by atoms with Crippen LogP contribution >= 0.6 is 0 Å². The third-order valence-corrected chi connectivity index (χ3v) is 4.62. The van der Waals surface area contributed by atoms with Gasteiger partial charge in [0, 0.05) is 45.1 Å². The molecule has 0 unspecified atom stereocenters. The van der Waals surface area contributed by atoms with Crippen LogP contribution in [0.4, 0.5) is 10.5 Å². The van der Waals surface area contributed by atoms with Crippen LogP contribution in [0, 0.1) is 0 Å². The number of fused-ring (bicyclic) bond motifs is 1. The van der Waals surface area contributed by atoms with Crippen LogP contribution in [0.2, 0.25) is 0 Å². The summed E-state index contributed by atoms with van der Waals surface area (Å²) in [6, 6.07) is 9.50. The second-order valence-corrected chi connectivity index (χ2v) is 6.38. The van der Waals surface area contributed by atoms with Gasteiger partial charge < -0.3 is 19.7 Å². The highest BCUT2D eigenvalue weighted by Gasteiger charge is 2.23. The maximum atomic E-state index is 12.6. The molecule has 1 aromatic carbocycles. The van der Waals surface area contributed by atoms with Crippen LogP contribution in [0.5, 0.6) is 11.5 Å². The lowest BCUT2D eigenvalue weighted by Crippen LogP contribution is -2.49. The zero-order valence-corrected chi connectivity index (χ0v) is 14.6. The molecular weight excluding hydrogens is 332 g/mol. The number of carbonyl (C=O) groups is 1. The molecule has 1 saturated heterocycles. The van der Waals surface area contributed by atoms with Crippen LogP contribution in [0.3, 0.4) is 0 Å². The Morgan fingerprint density at radius 2 is 1.81 bits per heavy atom. The molecule has 2 aliphatic heterocycles. The number of nitrogens with zero attached hydrogens (tertiary/aromatic N) is 3. The van der Waals surface area contributed by atoms with Crippen LogP contribution in [0.15, 0.2) is 42.7 Å². The topological polar surface area (TPSA) is 66.9 Å². The number of ether oxygens (including phenoxy) is 2. The van der Waals surface area contributed by atoms with Crippen molar-refractivity contribution in [2.24, 2.45) is 0 Å². The Morgan fingerprint density at radius 3 is 2.62 bits per heavy atom. The number of rotatable bonds is 3. The SMILES string of the molecule is O=C(Nc1cccc2c1OCCO2)N1CCN(Cc2ccncc2)CC1. The highest BCUT2D eigenvalue weighted by Crippen LogP contribution is 2.37. The quantitative estimate of drug-likeness (QED) is 0.915. The Bertz CT molecular complexity index is 761. The summed E-state index contributed by atoms with van der Waals surface area (Å²) >= 11 is 0. The van der Waals surface area contributed by atoms with Gasteiger partial charge >= 0.3 is 6.03 Å². The van der Waals surface area contributed by atoms with Gasteiger partial charge in [-0.05, 0) is 29.8 Å². The molecule has 2 aromatic rings. The van der Waals surface area contributed by atoms with E-state index >= 15 is 0 Å². The molecule has 4 rings (SSSR count). The molecule has 2 amide bonds. The number of hydrogen-bond donors (Lipinski definition) is 1. The Hall–Kier alpha value is -2.80. The molecule has 3 heterocycles. The van der Waals surface area contributed by atoms with E-state index in [0.717, 1.165) is 19.6 Å². The number of piperazine rings is 1. The smallest absolute Gasteiger partial charge is 0.322 e. The van der Waals surface area contributed by atoms with Crippen molar-refractivity contribution < 1.29 is 14.3 Å². The molecule has 1 fully saturated rings. The zero-order chi connectivity index (χ0) is 17.8. The number of nitrogens with one attached hydrogen (secondary N) is 1. The Kier molecular flexibility index (Phi) is 4.88. The third kappa shape index (κ3) is 3.72. The van der Waals surface area contributed by atoms with Crippen molar-refractivity contribution in [3.63, 3.8) is 0 Å². The molecule has 0 aliphatic carbocycles. The number of urea groups is 1. The molecule has 0 atom stereocenters. The molecule has 1 N–H and O–H groups in total. The largest absolute Gasteiger partial charge is 0.486 e. The number of aromatic nitrogens is 1. The first-order valence-corrected chi connectivity index (χ1v) is 8.85. The van der Waals surface area contributed by atoms with Crippen molar-refractivity contribution in [2.45, 2.75) is 6.54 Å². The van der Waals surface area contributed by atoms with Crippen molar-refractivity contribution in [1.82, 2.24) is 14.8 Å². The lowest BCUT2D eigenvalue weighted by Gasteiger charge is -2.34. The summed E-state index contributed by atoms with van der Waals surface area (Å²) in [6.07, 6.45) is 3.62. The second-order valence-electron chi connectivity index (χ2n) is 6.38. The molecule has 7 nitrogen and oxygen atoms in total. The molecular formula is C19H22N4O3. The number of pyridine rings is 1. The van der Waals surface area contributed by atoms with E-state index in [1.165, 1.54) is 5.56 Å². The van der Waals surface area contributed by atoms with E-state index in [0.29, 0.717) is 43.5 Å². The number of para-hydroxylation sites is 1. The van der Waals surface area contributed by atoms with Crippen molar-refractivity contribution in [1.29, 1.82) is 0 Å². The minimum Gasteiger partial charge on any atom is -0.486 e. The molecule has 0 spiro atoms. The minimum atomic E-state index is -0.101. The normalized spacial score (nSPS) is 17.0. The van der Waals surface area contributed by atoms with Gasteiger partial charge in [-0.15, -0.1) is 0 Å². The van der Waals surface area contributed by atoms with Gasteiger partial charge in [-0.2, -0.15) is 0 Å². The molecule has 0 radical (unpaired) electrons. The highest BCUT2D eigenvalue weighted by molar-refractivity contribution is 5.91. The summed E-state index contributed by atoms with van der Waals surface area (Å²) < 4.78 is 11.2. The van der Waals surface area contributed by atoms with E-state index in [1.54, 1.807) is 0 Å². The molecule has 26 heavy (non-hydrogen) atoms. The first-order chi connectivity index (χ1) is 12.8. The molecule has 0 bridgehead atoms. The van der Waals surface area contributed by atoms with Crippen molar-refractivity contribution in [3.05, 3.63) is 48.3 Å². The lowest BCUT2D eigenvalue weighted by atomic mass is 10.2. The standard InChI is InChI=1S/C19H22N4O3/c24-19(21-16-2-1-3-17-18(16)26-13-12-25-17)23-10-8-22(9-11-23)14-15-4-6-20-7-5-15/h1-7H,8-14H2,(H,21,24). The number of carbonyl (C=O) groups excluding carboxylic acids is 1. The summed E-state index contributed by atoms with van der Waals surface area (Å²) in [5.74, 6) is 1.29. The van der Waals surface area contributed by atoms with E-state index in [-0.39, 0.29) is 6.03 Å². The van der Waals surface area contributed by atoms with Crippen LogP contribution in [-0.2, 0) is 6.54 Å². The number of hydrogen-bond acceptors (Lipinski definition) is 5. The fourth-order valence-electron chi connectivity index (χ4n) is 3.22. The van der Waals surface area contributed by atoms with Crippen LogP contribution in [0.25, 0.3) is 0 Å². The van der Waals surface area contributed by atoms with E-state index in [2.05, 4.69) is 15.2 Å². The maximum Gasteiger partial charge on any atom is 0.322 e. The molecule has 136 valence electrons. The second kappa shape index (κ2) is 7.61. The van der Waals surface area contributed by atoms with Gasteiger partial charge in [-0.1, -0.05) is 6.07 Å². The molecule has 2 aliphatic rings. The third-order valence-electron chi connectivity index (χ3n) is 4.62. The minimum absolute atomic E-state index is 0.101. The van der Waals surface area contributed by atoms with Crippen LogP contribution < -0.4 is 14.8 Å².